The van der Waals surface area contributed by atoms with Gasteiger partial charge in [-0.05, 0) is 73.4 Å². The fraction of sp³-hybridized carbons (Fsp3) is 0.308. The zero-order valence-electron chi connectivity index (χ0n) is 18.3. The minimum absolute atomic E-state index is 0.359. The third-order valence-electron chi connectivity index (χ3n) is 4.43. The molecular formula is C26H30F3N. The summed E-state index contributed by atoms with van der Waals surface area (Å²) in [6.45, 7) is 8.94. The fourth-order valence-corrected chi connectivity index (χ4v) is 2.40. The molecule has 0 radical (unpaired) electrons. The molecular weight excluding hydrogens is 383 g/mol. The Morgan fingerprint density at radius 1 is 0.967 bits per heavy atom. The predicted molar refractivity (Wildman–Crippen MR) is 122 cm³/mol. The van der Waals surface area contributed by atoms with Crippen LogP contribution >= 0.6 is 0 Å². The van der Waals surface area contributed by atoms with Crippen LogP contribution in [0.25, 0.3) is 17.8 Å². The number of alkyl halides is 1. The molecule has 0 atom stereocenters. The fourth-order valence-electron chi connectivity index (χ4n) is 2.40. The third kappa shape index (κ3) is 7.83. The number of halogens is 3. The van der Waals surface area contributed by atoms with Crippen LogP contribution in [0, 0.1) is 24.0 Å². The van der Waals surface area contributed by atoms with E-state index in [1.807, 2.05) is 0 Å². The van der Waals surface area contributed by atoms with Gasteiger partial charge in [0, 0.05) is 11.6 Å². The highest BCUT2D eigenvalue weighted by Crippen LogP contribution is 2.29. The maximum atomic E-state index is 14.5. The van der Waals surface area contributed by atoms with Crippen molar-refractivity contribution < 1.29 is 13.2 Å². The third-order valence-corrected chi connectivity index (χ3v) is 4.43. The van der Waals surface area contributed by atoms with E-state index in [0.29, 0.717) is 33.5 Å². The minimum Gasteiger partial charge on any atom is -0.398 e. The average molecular weight is 414 g/mol. The lowest BCUT2D eigenvalue weighted by Crippen LogP contribution is -2.11. The standard InChI is InChI=1S/C22H20F3N.C4H10/c1-5-14(2)21(26)17-8-15(9-18(12-17)22(3,4)25)6-7-16-10-19(23)13-20(24)11-16;1-3-4-2/h1,6-13H,26H2,2-4H3;3-4H2,1-2H3/b7-6+,21-14+;. The van der Waals surface area contributed by atoms with E-state index in [4.69, 9.17) is 12.2 Å². The molecule has 160 valence electrons. The lowest BCUT2D eigenvalue weighted by molar-refractivity contribution is 0.221. The Bertz CT molecular complexity index is 935. The van der Waals surface area contributed by atoms with Crippen LogP contribution in [-0.4, -0.2) is 0 Å². The van der Waals surface area contributed by atoms with Crippen molar-refractivity contribution in [1.29, 1.82) is 0 Å². The number of unbranched alkanes of at least 4 members (excludes halogenated alkanes) is 1. The van der Waals surface area contributed by atoms with E-state index >= 15 is 0 Å². The molecule has 0 aliphatic carbocycles. The molecule has 0 saturated carbocycles. The Morgan fingerprint density at radius 3 is 1.90 bits per heavy atom. The molecule has 0 aliphatic rings. The first kappa shape index (κ1) is 25.1. The SMILES string of the molecule is C#C/C(C)=C(/N)c1cc(/C=C/c2cc(F)cc(F)c2)cc(C(C)(C)F)c1.CCCC. The highest BCUT2D eigenvalue weighted by Gasteiger charge is 2.20. The quantitative estimate of drug-likeness (QED) is 0.399. The van der Waals surface area contributed by atoms with Gasteiger partial charge in [-0.15, -0.1) is 6.42 Å². The second-order valence-corrected chi connectivity index (χ2v) is 7.54. The van der Waals surface area contributed by atoms with Crippen molar-refractivity contribution in [3.05, 3.63) is 75.9 Å². The smallest absolute Gasteiger partial charge is 0.130 e. The molecule has 2 aromatic rings. The summed E-state index contributed by atoms with van der Waals surface area (Å²) >= 11 is 0. The Morgan fingerprint density at radius 2 is 1.47 bits per heavy atom. The van der Waals surface area contributed by atoms with Crippen molar-refractivity contribution >= 4 is 17.8 Å². The van der Waals surface area contributed by atoms with Gasteiger partial charge in [0.1, 0.15) is 17.3 Å². The van der Waals surface area contributed by atoms with Crippen LogP contribution in [0.5, 0.6) is 0 Å². The van der Waals surface area contributed by atoms with Crippen LogP contribution in [-0.2, 0) is 5.67 Å². The van der Waals surface area contributed by atoms with Crippen molar-refractivity contribution in [2.45, 2.75) is 53.1 Å². The summed E-state index contributed by atoms with van der Waals surface area (Å²) in [5, 5.41) is 0. The van der Waals surface area contributed by atoms with Gasteiger partial charge in [0.25, 0.3) is 0 Å². The van der Waals surface area contributed by atoms with E-state index < -0.39 is 17.3 Å². The number of terminal acetylenes is 1. The Hall–Kier alpha value is -2.93. The molecule has 0 amide bonds. The molecule has 2 rings (SSSR count). The number of rotatable bonds is 5. The topological polar surface area (TPSA) is 26.0 Å². The van der Waals surface area contributed by atoms with E-state index in [2.05, 4.69) is 19.8 Å². The summed E-state index contributed by atoms with van der Waals surface area (Å²) in [5.41, 5.74) is 7.41. The lowest BCUT2D eigenvalue weighted by atomic mass is 9.93. The first-order chi connectivity index (χ1) is 14.0. The Balaban J connectivity index is 0.00000103. The summed E-state index contributed by atoms with van der Waals surface area (Å²) in [5.74, 6) is 1.14. The largest absolute Gasteiger partial charge is 0.398 e. The molecule has 0 saturated heterocycles. The Labute approximate surface area is 178 Å². The number of nitrogens with two attached hydrogens (primary N) is 1. The number of benzene rings is 2. The van der Waals surface area contributed by atoms with Gasteiger partial charge < -0.3 is 5.73 Å². The van der Waals surface area contributed by atoms with Crippen LogP contribution in [0.15, 0.2) is 42.0 Å². The summed E-state index contributed by atoms with van der Waals surface area (Å²) in [6.07, 6.45) is 11.2. The molecule has 0 bridgehead atoms. The van der Waals surface area contributed by atoms with Gasteiger partial charge in [-0.2, -0.15) is 0 Å². The zero-order chi connectivity index (χ0) is 22.9. The second kappa shape index (κ2) is 11.3. The molecule has 0 heterocycles. The van der Waals surface area contributed by atoms with Crippen molar-refractivity contribution in [3.63, 3.8) is 0 Å². The highest BCUT2D eigenvalue weighted by molar-refractivity contribution is 5.75. The molecule has 4 heteroatoms. The maximum absolute atomic E-state index is 14.5. The number of hydrogen-bond donors (Lipinski definition) is 1. The van der Waals surface area contributed by atoms with E-state index in [1.165, 1.54) is 38.8 Å². The van der Waals surface area contributed by atoms with Gasteiger partial charge in [0.05, 0.1) is 5.70 Å². The van der Waals surface area contributed by atoms with Crippen LogP contribution < -0.4 is 5.73 Å². The monoisotopic (exact) mass is 413 g/mol. The first-order valence-corrected chi connectivity index (χ1v) is 9.93. The van der Waals surface area contributed by atoms with Gasteiger partial charge in [-0.25, -0.2) is 13.2 Å². The molecule has 2 N–H and O–H groups in total. The van der Waals surface area contributed by atoms with Crippen molar-refractivity contribution in [2.24, 2.45) is 5.73 Å². The molecule has 1 nitrogen and oxygen atoms in total. The summed E-state index contributed by atoms with van der Waals surface area (Å²) in [7, 11) is 0. The highest BCUT2D eigenvalue weighted by atomic mass is 19.1. The average Bonchev–Trinajstić information content (AvgIpc) is 2.69. The molecule has 30 heavy (non-hydrogen) atoms. The molecule has 0 aromatic heterocycles. The first-order valence-electron chi connectivity index (χ1n) is 9.93. The molecule has 0 spiro atoms. The van der Waals surface area contributed by atoms with Crippen LogP contribution in [0.4, 0.5) is 13.2 Å². The van der Waals surface area contributed by atoms with Gasteiger partial charge >= 0.3 is 0 Å². The molecule has 0 unspecified atom stereocenters. The Kier molecular flexibility index (Phi) is 9.46. The molecule has 0 aliphatic heterocycles. The second-order valence-electron chi connectivity index (χ2n) is 7.54. The normalized spacial score (nSPS) is 12.1. The van der Waals surface area contributed by atoms with Gasteiger partial charge in [-0.1, -0.05) is 44.8 Å². The van der Waals surface area contributed by atoms with E-state index in [0.717, 1.165) is 6.07 Å². The van der Waals surface area contributed by atoms with Crippen LogP contribution in [0.1, 0.15) is 69.7 Å². The van der Waals surface area contributed by atoms with E-state index in [-0.39, 0.29) is 0 Å². The molecule has 2 aromatic carbocycles. The lowest BCUT2D eigenvalue weighted by Gasteiger charge is -2.17. The van der Waals surface area contributed by atoms with Crippen molar-refractivity contribution in [1.82, 2.24) is 0 Å². The maximum Gasteiger partial charge on any atom is 0.130 e. The summed E-state index contributed by atoms with van der Waals surface area (Å²) in [4.78, 5) is 0. The van der Waals surface area contributed by atoms with Crippen molar-refractivity contribution in [3.8, 4) is 12.3 Å². The summed E-state index contributed by atoms with van der Waals surface area (Å²) in [6, 6.07) is 8.28. The molecule has 0 fully saturated rings. The van der Waals surface area contributed by atoms with E-state index in [9.17, 15) is 13.2 Å². The number of allylic oxidation sites excluding steroid dienone is 1. The number of hydrogen-bond acceptors (Lipinski definition) is 1. The predicted octanol–water partition coefficient (Wildman–Crippen LogP) is 7.47. The van der Waals surface area contributed by atoms with Gasteiger partial charge in [-0.3, -0.25) is 0 Å². The van der Waals surface area contributed by atoms with E-state index in [1.54, 1.807) is 37.3 Å². The van der Waals surface area contributed by atoms with Crippen molar-refractivity contribution in [2.75, 3.05) is 0 Å². The zero-order valence-corrected chi connectivity index (χ0v) is 18.3. The summed E-state index contributed by atoms with van der Waals surface area (Å²) < 4.78 is 41.1. The van der Waals surface area contributed by atoms with Gasteiger partial charge in [0.15, 0.2) is 0 Å². The van der Waals surface area contributed by atoms with Gasteiger partial charge in [0.2, 0.25) is 0 Å². The van der Waals surface area contributed by atoms with Crippen LogP contribution in [0.3, 0.4) is 0 Å². The minimum atomic E-state index is -1.59. The van der Waals surface area contributed by atoms with Crippen LogP contribution in [0.2, 0.25) is 0 Å².